The molecule has 0 saturated heterocycles. The molecule has 2 aromatic carbocycles. The van der Waals surface area contributed by atoms with Gasteiger partial charge in [-0.3, -0.25) is 0 Å². The van der Waals surface area contributed by atoms with Crippen LogP contribution in [-0.2, 0) is 22.3 Å². The third-order valence-electron chi connectivity index (χ3n) is 4.01. The smallest absolute Gasteiger partial charge is 0.218 e. The molecule has 0 amide bonds. The summed E-state index contributed by atoms with van der Waals surface area (Å²) < 4.78 is 37.2. The Kier molecular flexibility index (Phi) is 6.32. The third kappa shape index (κ3) is 4.66. The van der Waals surface area contributed by atoms with Crippen molar-refractivity contribution < 1.29 is 17.9 Å². The van der Waals surface area contributed by atoms with Crippen LogP contribution < -0.4 is 9.47 Å². The van der Waals surface area contributed by atoms with Crippen LogP contribution in [0.25, 0.3) is 0 Å². The van der Waals surface area contributed by atoms with E-state index in [1.807, 2.05) is 13.0 Å². The summed E-state index contributed by atoms with van der Waals surface area (Å²) in [5.41, 5.74) is 2.36. The number of sulfonamides is 1. The van der Waals surface area contributed by atoms with Gasteiger partial charge in [-0.05, 0) is 41.8 Å². The molecule has 0 unspecified atom stereocenters. The highest BCUT2D eigenvalue weighted by Crippen LogP contribution is 2.31. The van der Waals surface area contributed by atoms with Crippen LogP contribution >= 0.6 is 11.6 Å². The van der Waals surface area contributed by atoms with E-state index in [4.69, 9.17) is 21.1 Å². The van der Waals surface area contributed by atoms with E-state index in [0.29, 0.717) is 22.1 Å². The summed E-state index contributed by atoms with van der Waals surface area (Å²) in [4.78, 5) is 0. The summed E-state index contributed by atoms with van der Waals surface area (Å²) in [6.07, 6.45) is 0. The van der Waals surface area contributed by atoms with Gasteiger partial charge in [-0.25, -0.2) is 12.7 Å². The lowest BCUT2D eigenvalue weighted by molar-refractivity contribution is 0.353. The fraction of sp³-hybridized carbons (Fsp3) is 0.333. The number of aryl methyl sites for hydroxylation is 1. The first-order chi connectivity index (χ1) is 11.8. The molecular formula is C18H22ClNO4S. The SMILES string of the molecule is COc1cc(C)c(CN(C)S(=O)(=O)Cc2ccccc2Cl)cc1OC. The second-order valence-corrected chi connectivity index (χ2v) is 8.22. The summed E-state index contributed by atoms with van der Waals surface area (Å²) >= 11 is 6.08. The lowest BCUT2D eigenvalue weighted by Gasteiger charge is -2.20. The van der Waals surface area contributed by atoms with E-state index in [2.05, 4.69) is 0 Å². The predicted molar refractivity (Wildman–Crippen MR) is 99.8 cm³/mol. The zero-order valence-corrected chi connectivity index (χ0v) is 16.3. The fourth-order valence-corrected chi connectivity index (χ4v) is 3.94. The van der Waals surface area contributed by atoms with Crippen molar-refractivity contribution in [3.63, 3.8) is 0 Å². The minimum Gasteiger partial charge on any atom is -0.493 e. The molecular weight excluding hydrogens is 362 g/mol. The molecule has 0 radical (unpaired) electrons. The average molecular weight is 384 g/mol. The van der Waals surface area contributed by atoms with Gasteiger partial charge < -0.3 is 9.47 Å². The molecule has 0 heterocycles. The molecule has 0 saturated carbocycles. The van der Waals surface area contributed by atoms with E-state index in [1.165, 1.54) is 4.31 Å². The molecule has 7 heteroatoms. The maximum atomic E-state index is 12.7. The van der Waals surface area contributed by atoms with Crippen LogP contribution in [0.2, 0.25) is 5.02 Å². The zero-order valence-electron chi connectivity index (χ0n) is 14.7. The van der Waals surface area contributed by atoms with Crippen molar-refractivity contribution >= 4 is 21.6 Å². The summed E-state index contributed by atoms with van der Waals surface area (Å²) in [6, 6.07) is 10.6. The molecule has 0 aromatic heterocycles. The number of methoxy groups -OCH3 is 2. The Bertz CT molecular complexity index is 852. The topological polar surface area (TPSA) is 55.8 Å². The van der Waals surface area contributed by atoms with Crippen LogP contribution in [0, 0.1) is 6.92 Å². The Labute approximate surface area is 154 Å². The van der Waals surface area contributed by atoms with E-state index in [0.717, 1.165) is 11.1 Å². The summed E-state index contributed by atoms with van der Waals surface area (Å²) in [6.45, 7) is 2.14. The van der Waals surface area contributed by atoms with Gasteiger partial charge in [0.2, 0.25) is 10.0 Å². The molecule has 0 bridgehead atoms. The molecule has 0 aliphatic rings. The van der Waals surface area contributed by atoms with E-state index >= 15 is 0 Å². The van der Waals surface area contributed by atoms with Gasteiger partial charge in [-0.15, -0.1) is 0 Å². The first-order valence-electron chi connectivity index (χ1n) is 7.67. The van der Waals surface area contributed by atoms with Crippen molar-refractivity contribution in [2.24, 2.45) is 0 Å². The zero-order chi connectivity index (χ0) is 18.6. The van der Waals surface area contributed by atoms with Crippen molar-refractivity contribution in [1.82, 2.24) is 4.31 Å². The Balaban J connectivity index is 2.23. The number of nitrogens with zero attached hydrogens (tertiary/aromatic N) is 1. The second kappa shape index (κ2) is 8.08. The predicted octanol–water partition coefficient (Wildman–Crippen LogP) is 3.63. The Morgan fingerprint density at radius 2 is 1.64 bits per heavy atom. The third-order valence-corrected chi connectivity index (χ3v) is 6.13. The number of ether oxygens (including phenoxy) is 2. The molecule has 2 aromatic rings. The summed E-state index contributed by atoms with van der Waals surface area (Å²) in [5, 5.41) is 0.446. The molecule has 0 aliphatic carbocycles. The van der Waals surface area contributed by atoms with Crippen LogP contribution in [-0.4, -0.2) is 34.0 Å². The van der Waals surface area contributed by atoms with Gasteiger partial charge in [0.15, 0.2) is 11.5 Å². The molecule has 0 atom stereocenters. The van der Waals surface area contributed by atoms with Crippen molar-refractivity contribution in [3.05, 3.63) is 58.1 Å². The van der Waals surface area contributed by atoms with Gasteiger partial charge in [0.25, 0.3) is 0 Å². The summed E-state index contributed by atoms with van der Waals surface area (Å²) in [5.74, 6) is 1.04. The van der Waals surface area contributed by atoms with Crippen LogP contribution in [0.1, 0.15) is 16.7 Å². The molecule has 136 valence electrons. The molecule has 25 heavy (non-hydrogen) atoms. The van der Waals surface area contributed by atoms with E-state index < -0.39 is 10.0 Å². The largest absolute Gasteiger partial charge is 0.493 e. The first kappa shape index (κ1) is 19.6. The normalized spacial score (nSPS) is 11.6. The number of halogens is 1. The highest BCUT2D eigenvalue weighted by atomic mass is 35.5. The molecule has 0 aliphatic heterocycles. The Morgan fingerprint density at radius 1 is 1.04 bits per heavy atom. The van der Waals surface area contributed by atoms with Crippen LogP contribution in [0.5, 0.6) is 11.5 Å². The van der Waals surface area contributed by atoms with Gasteiger partial charge in [0.1, 0.15) is 0 Å². The number of hydrogen-bond donors (Lipinski definition) is 0. The van der Waals surface area contributed by atoms with Gasteiger partial charge in [0.05, 0.1) is 20.0 Å². The van der Waals surface area contributed by atoms with E-state index in [9.17, 15) is 8.42 Å². The van der Waals surface area contributed by atoms with Crippen LogP contribution in [0.15, 0.2) is 36.4 Å². The van der Waals surface area contributed by atoms with Gasteiger partial charge >= 0.3 is 0 Å². The lowest BCUT2D eigenvalue weighted by Crippen LogP contribution is -2.28. The van der Waals surface area contributed by atoms with E-state index in [-0.39, 0.29) is 12.3 Å². The van der Waals surface area contributed by atoms with E-state index in [1.54, 1.807) is 51.6 Å². The highest BCUT2D eigenvalue weighted by molar-refractivity contribution is 7.88. The lowest BCUT2D eigenvalue weighted by atomic mass is 10.1. The Hall–Kier alpha value is -1.76. The maximum Gasteiger partial charge on any atom is 0.218 e. The van der Waals surface area contributed by atoms with Crippen molar-refractivity contribution in [2.75, 3.05) is 21.3 Å². The second-order valence-electron chi connectivity index (χ2n) is 5.74. The highest BCUT2D eigenvalue weighted by Gasteiger charge is 2.21. The van der Waals surface area contributed by atoms with Crippen molar-refractivity contribution in [2.45, 2.75) is 19.2 Å². The van der Waals surface area contributed by atoms with Crippen LogP contribution in [0.3, 0.4) is 0 Å². The maximum absolute atomic E-state index is 12.7. The Morgan fingerprint density at radius 3 is 2.24 bits per heavy atom. The molecule has 2 rings (SSSR count). The monoisotopic (exact) mass is 383 g/mol. The number of rotatable bonds is 7. The quantitative estimate of drug-likeness (QED) is 0.732. The minimum atomic E-state index is -3.51. The first-order valence-corrected chi connectivity index (χ1v) is 9.66. The molecule has 5 nitrogen and oxygen atoms in total. The molecule has 0 N–H and O–H groups in total. The van der Waals surface area contributed by atoms with Gasteiger partial charge in [-0.1, -0.05) is 29.8 Å². The fourth-order valence-electron chi connectivity index (χ4n) is 2.45. The van der Waals surface area contributed by atoms with Gasteiger partial charge in [0, 0.05) is 18.6 Å². The molecule has 0 fully saturated rings. The summed E-state index contributed by atoms with van der Waals surface area (Å²) in [7, 11) is 1.17. The van der Waals surface area contributed by atoms with Gasteiger partial charge in [-0.2, -0.15) is 0 Å². The standard InChI is InChI=1S/C18H22ClNO4S/c1-13-9-17(23-3)18(24-4)10-15(13)11-20(2)25(21,22)12-14-7-5-6-8-16(14)19/h5-10H,11-12H2,1-4H3. The van der Waals surface area contributed by atoms with Crippen molar-refractivity contribution in [1.29, 1.82) is 0 Å². The minimum absolute atomic E-state index is 0.143. The van der Waals surface area contributed by atoms with Crippen LogP contribution in [0.4, 0.5) is 0 Å². The number of benzene rings is 2. The number of hydrogen-bond acceptors (Lipinski definition) is 4. The molecule has 0 spiro atoms. The average Bonchev–Trinajstić information content (AvgIpc) is 2.58. The van der Waals surface area contributed by atoms with Crippen molar-refractivity contribution in [3.8, 4) is 11.5 Å².